The monoisotopic (exact) mass is 284 g/mol. The summed E-state index contributed by atoms with van der Waals surface area (Å²) >= 11 is 5.20. The molecular formula is C11H12N2OS3. The zero-order valence-corrected chi connectivity index (χ0v) is 11.8. The molecule has 1 aliphatic rings. The molecule has 3 nitrogen and oxygen atoms in total. The van der Waals surface area contributed by atoms with Gasteiger partial charge in [-0.1, -0.05) is 11.8 Å². The molecule has 17 heavy (non-hydrogen) atoms. The third-order valence-corrected chi connectivity index (χ3v) is 6.38. The second-order valence-corrected chi connectivity index (χ2v) is 7.33. The van der Waals surface area contributed by atoms with E-state index in [0.717, 1.165) is 15.4 Å². The van der Waals surface area contributed by atoms with Gasteiger partial charge in [-0.25, -0.2) is 4.98 Å². The van der Waals surface area contributed by atoms with Crippen LogP contribution in [0, 0.1) is 0 Å². The zero-order valence-electron chi connectivity index (χ0n) is 9.38. The van der Waals surface area contributed by atoms with Crippen molar-refractivity contribution >= 4 is 45.1 Å². The van der Waals surface area contributed by atoms with Crippen molar-refractivity contribution in [1.29, 1.82) is 0 Å². The lowest BCUT2D eigenvalue weighted by molar-refractivity contribution is 0.724. The van der Waals surface area contributed by atoms with Crippen LogP contribution >= 0.6 is 34.9 Å². The van der Waals surface area contributed by atoms with Gasteiger partial charge in [-0.05, 0) is 23.6 Å². The van der Waals surface area contributed by atoms with E-state index < -0.39 is 0 Å². The topological polar surface area (TPSA) is 34.9 Å². The van der Waals surface area contributed by atoms with Gasteiger partial charge < -0.3 is 0 Å². The smallest absolute Gasteiger partial charge is 0.271 e. The van der Waals surface area contributed by atoms with E-state index in [1.807, 2.05) is 30.3 Å². The molecule has 1 fully saturated rings. The van der Waals surface area contributed by atoms with Gasteiger partial charge in [0.05, 0.1) is 5.52 Å². The first-order valence-electron chi connectivity index (χ1n) is 5.44. The van der Waals surface area contributed by atoms with E-state index in [-0.39, 0.29) is 5.56 Å². The summed E-state index contributed by atoms with van der Waals surface area (Å²) in [5, 5.41) is 3.39. The van der Waals surface area contributed by atoms with Crippen LogP contribution in [-0.4, -0.2) is 26.3 Å². The molecule has 0 unspecified atom stereocenters. The van der Waals surface area contributed by atoms with Crippen LogP contribution in [0.4, 0.5) is 0 Å². The molecule has 6 heteroatoms. The summed E-state index contributed by atoms with van der Waals surface area (Å²) in [5.74, 6) is 2.40. The fraction of sp³-hybridized carbons (Fsp3) is 0.455. The molecule has 0 N–H and O–H groups in total. The fourth-order valence-corrected chi connectivity index (χ4v) is 5.32. The Labute approximate surface area is 112 Å². The van der Waals surface area contributed by atoms with E-state index in [2.05, 4.69) is 4.98 Å². The molecule has 0 bridgehead atoms. The summed E-state index contributed by atoms with van der Waals surface area (Å²) in [6.07, 6.45) is 1.22. The first kappa shape index (κ1) is 11.6. The van der Waals surface area contributed by atoms with Crippen LogP contribution in [0.15, 0.2) is 21.4 Å². The number of thiophene rings is 1. The van der Waals surface area contributed by atoms with Crippen LogP contribution in [0.1, 0.15) is 6.42 Å². The second-order valence-electron chi connectivity index (χ2n) is 4.00. The predicted molar refractivity (Wildman–Crippen MR) is 76.4 cm³/mol. The molecule has 90 valence electrons. The normalized spacial score (nSPS) is 20.2. The third kappa shape index (κ3) is 2.13. The number of hydrogen-bond donors (Lipinski definition) is 0. The number of nitrogens with zero attached hydrogens (tertiary/aromatic N) is 2. The number of rotatable bonds is 2. The summed E-state index contributed by atoms with van der Waals surface area (Å²) in [7, 11) is 1.82. The van der Waals surface area contributed by atoms with Gasteiger partial charge in [0, 0.05) is 18.1 Å². The maximum Gasteiger partial charge on any atom is 0.271 e. The number of fused-ring (bicyclic) bond motifs is 1. The van der Waals surface area contributed by atoms with Gasteiger partial charge >= 0.3 is 0 Å². The average Bonchev–Trinajstić information content (AvgIpc) is 2.96. The van der Waals surface area contributed by atoms with Crippen LogP contribution in [-0.2, 0) is 7.05 Å². The van der Waals surface area contributed by atoms with Crippen LogP contribution in [0.25, 0.3) is 10.2 Å². The van der Waals surface area contributed by atoms with E-state index in [0.29, 0.717) is 5.25 Å². The number of aromatic nitrogens is 2. The van der Waals surface area contributed by atoms with Crippen molar-refractivity contribution < 1.29 is 0 Å². The molecule has 0 aliphatic carbocycles. The number of thioether (sulfide) groups is 2. The molecule has 3 rings (SSSR count). The van der Waals surface area contributed by atoms with Crippen molar-refractivity contribution in [2.45, 2.75) is 16.8 Å². The van der Waals surface area contributed by atoms with Crippen molar-refractivity contribution in [2.24, 2.45) is 7.05 Å². The lowest BCUT2D eigenvalue weighted by atomic mass is 10.4. The van der Waals surface area contributed by atoms with Gasteiger partial charge in [0.25, 0.3) is 5.56 Å². The van der Waals surface area contributed by atoms with E-state index in [4.69, 9.17) is 0 Å². The average molecular weight is 284 g/mol. The van der Waals surface area contributed by atoms with Crippen molar-refractivity contribution in [2.75, 3.05) is 11.5 Å². The summed E-state index contributed by atoms with van der Waals surface area (Å²) in [4.78, 5) is 16.7. The first-order chi connectivity index (χ1) is 8.25. The Hall–Kier alpha value is -0.460. The standard InChI is InChI=1S/C11H12N2OS3/c1-13-10(14)9-8(3-5-16-9)12-11(13)17-7-2-4-15-6-7/h3,5,7H,2,4,6H2,1H3/t7-/m0/s1. The minimum Gasteiger partial charge on any atom is -0.290 e. The van der Waals surface area contributed by atoms with E-state index in [1.165, 1.54) is 29.3 Å². The molecule has 3 heterocycles. The van der Waals surface area contributed by atoms with Gasteiger partial charge in [0.15, 0.2) is 5.16 Å². The molecule has 2 aromatic rings. The lowest BCUT2D eigenvalue weighted by Crippen LogP contribution is -2.20. The second kappa shape index (κ2) is 4.66. The molecule has 1 aliphatic heterocycles. The Kier molecular flexibility index (Phi) is 3.19. The molecule has 0 amide bonds. The minimum absolute atomic E-state index is 0.0816. The maximum absolute atomic E-state index is 12.1. The molecule has 2 aromatic heterocycles. The van der Waals surface area contributed by atoms with E-state index in [1.54, 1.807) is 16.3 Å². The summed E-state index contributed by atoms with van der Waals surface area (Å²) in [6, 6.07) is 1.93. The largest absolute Gasteiger partial charge is 0.290 e. The van der Waals surface area contributed by atoms with Crippen molar-refractivity contribution in [1.82, 2.24) is 9.55 Å². The van der Waals surface area contributed by atoms with Gasteiger partial charge in [-0.3, -0.25) is 9.36 Å². The number of hydrogen-bond acceptors (Lipinski definition) is 5. The van der Waals surface area contributed by atoms with E-state index in [9.17, 15) is 4.79 Å². The minimum atomic E-state index is 0.0816. The molecule has 1 saturated heterocycles. The third-order valence-electron chi connectivity index (χ3n) is 2.81. The first-order valence-corrected chi connectivity index (χ1v) is 8.36. The van der Waals surface area contributed by atoms with Crippen LogP contribution < -0.4 is 5.56 Å². The summed E-state index contributed by atoms with van der Waals surface area (Å²) < 4.78 is 2.45. The summed E-state index contributed by atoms with van der Waals surface area (Å²) in [5.41, 5.74) is 0.921. The zero-order chi connectivity index (χ0) is 11.8. The van der Waals surface area contributed by atoms with Gasteiger partial charge in [0.1, 0.15) is 4.70 Å². The van der Waals surface area contributed by atoms with Gasteiger partial charge in [-0.2, -0.15) is 11.8 Å². The highest BCUT2D eigenvalue weighted by Gasteiger charge is 2.19. The van der Waals surface area contributed by atoms with Crippen molar-refractivity contribution in [3.63, 3.8) is 0 Å². The van der Waals surface area contributed by atoms with Crippen molar-refractivity contribution in [3.05, 3.63) is 21.8 Å². The Bertz CT molecular complexity index is 598. The molecule has 0 spiro atoms. The van der Waals surface area contributed by atoms with Gasteiger partial charge in [0.2, 0.25) is 0 Å². The van der Waals surface area contributed by atoms with Crippen LogP contribution in [0.2, 0.25) is 0 Å². The Morgan fingerprint density at radius 2 is 2.47 bits per heavy atom. The maximum atomic E-state index is 12.1. The van der Waals surface area contributed by atoms with Crippen LogP contribution in [0.5, 0.6) is 0 Å². The fourth-order valence-electron chi connectivity index (χ4n) is 1.83. The molecule has 0 radical (unpaired) electrons. The van der Waals surface area contributed by atoms with Crippen LogP contribution in [0.3, 0.4) is 0 Å². The van der Waals surface area contributed by atoms with Gasteiger partial charge in [-0.15, -0.1) is 11.3 Å². The molecule has 0 aromatic carbocycles. The Morgan fingerprint density at radius 3 is 3.24 bits per heavy atom. The predicted octanol–water partition coefficient (Wildman–Crippen LogP) is 2.59. The molecule has 0 saturated carbocycles. The highest BCUT2D eigenvalue weighted by atomic mass is 32.2. The molecular weight excluding hydrogens is 272 g/mol. The lowest BCUT2D eigenvalue weighted by Gasteiger charge is -2.10. The Balaban J connectivity index is 2.03. The molecule has 1 atom stereocenters. The quantitative estimate of drug-likeness (QED) is 0.794. The highest BCUT2D eigenvalue weighted by Crippen LogP contribution is 2.32. The van der Waals surface area contributed by atoms with Crippen molar-refractivity contribution in [3.8, 4) is 0 Å². The van der Waals surface area contributed by atoms with E-state index >= 15 is 0 Å². The summed E-state index contributed by atoms with van der Waals surface area (Å²) in [6.45, 7) is 0. The Morgan fingerprint density at radius 1 is 1.59 bits per heavy atom. The highest BCUT2D eigenvalue weighted by molar-refractivity contribution is 8.04. The SMILES string of the molecule is Cn1c(S[C@H]2CCSC2)nc2ccsc2c1=O.